The predicted molar refractivity (Wildman–Crippen MR) is 169 cm³/mol. The van der Waals surface area contributed by atoms with Gasteiger partial charge in [0.05, 0.1) is 7.11 Å². The number of hydrogen-bond donors (Lipinski definition) is 3. The van der Waals surface area contributed by atoms with Gasteiger partial charge in [0.1, 0.15) is 11.6 Å². The van der Waals surface area contributed by atoms with Crippen LogP contribution < -0.4 is 31.9 Å². The highest BCUT2D eigenvalue weighted by molar-refractivity contribution is 6.03. The van der Waals surface area contributed by atoms with Gasteiger partial charge in [0.15, 0.2) is 0 Å². The van der Waals surface area contributed by atoms with Gasteiger partial charge in [-0.25, -0.2) is 13.9 Å². The predicted octanol–water partition coefficient (Wildman–Crippen LogP) is 3.20. The number of rotatable bonds is 9. The lowest BCUT2D eigenvalue weighted by molar-refractivity contribution is -0.119. The summed E-state index contributed by atoms with van der Waals surface area (Å²) in [6.45, 7) is 4.58. The van der Waals surface area contributed by atoms with Crippen molar-refractivity contribution in [2.75, 3.05) is 19.0 Å². The van der Waals surface area contributed by atoms with Crippen molar-refractivity contribution in [3.8, 4) is 28.0 Å². The minimum atomic E-state index is -0.792. The average Bonchev–Trinajstić information content (AvgIpc) is 3.44. The lowest BCUT2D eigenvalue weighted by Gasteiger charge is -2.18. The molecule has 1 atom stereocenters. The topological polar surface area (TPSA) is 136 Å². The summed E-state index contributed by atoms with van der Waals surface area (Å²) >= 11 is 0. The van der Waals surface area contributed by atoms with Crippen LogP contribution in [-0.2, 0) is 25.4 Å². The molecule has 0 spiro atoms. The van der Waals surface area contributed by atoms with Gasteiger partial charge in [0.2, 0.25) is 11.6 Å². The summed E-state index contributed by atoms with van der Waals surface area (Å²) in [7, 11) is 4.16. The number of aryl methyl sites for hydroxylation is 1. The molecular weight excluding hydrogens is 579 g/mol. The van der Waals surface area contributed by atoms with Crippen LogP contribution >= 0.6 is 0 Å². The molecule has 0 bridgehead atoms. The van der Waals surface area contributed by atoms with E-state index in [1.54, 1.807) is 12.1 Å². The first-order valence-corrected chi connectivity index (χ1v) is 14.5. The van der Waals surface area contributed by atoms with Crippen molar-refractivity contribution in [1.82, 2.24) is 25.0 Å². The van der Waals surface area contributed by atoms with Gasteiger partial charge in [-0.15, -0.1) is 0 Å². The van der Waals surface area contributed by atoms with Crippen molar-refractivity contribution >= 4 is 17.5 Å². The Morgan fingerprint density at radius 1 is 1.04 bits per heavy atom. The molecule has 2 heterocycles. The van der Waals surface area contributed by atoms with E-state index in [2.05, 4.69) is 21.0 Å². The molecule has 0 unspecified atom stereocenters. The van der Waals surface area contributed by atoms with Crippen molar-refractivity contribution in [3.63, 3.8) is 0 Å². The summed E-state index contributed by atoms with van der Waals surface area (Å²) < 4.78 is 22.9. The second-order valence-electron chi connectivity index (χ2n) is 11.1. The Morgan fingerprint density at radius 3 is 2.42 bits per heavy atom. The van der Waals surface area contributed by atoms with E-state index >= 15 is 4.39 Å². The molecule has 45 heavy (non-hydrogen) atoms. The Balaban J connectivity index is 1.42. The standard InChI is InChI=1S/C33H35FN6O5/c1-18-22(20-14-26(34)25(28(15-20)45-5)17-35-16-21-12-13-29(41)36-21)8-6-9-23(18)24-10-7-11-27(19(24)2)37-31(42)30-32(43)39(3)33(44)40(4)38-30/h6-11,14-15,21,35H,12-13,16-17H2,1-5H3,(H,36,41)(H,37,42)/t21-/m0/s1. The second-order valence-corrected chi connectivity index (χ2v) is 11.1. The van der Waals surface area contributed by atoms with Gasteiger partial charge in [-0.2, -0.15) is 5.10 Å². The fourth-order valence-corrected chi connectivity index (χ4v) is 5.65. The van der Waals surface area contributed by atoms with Gasteiger partial charge in [0.25, 0.3) is 11.5 Å². The van der Waals surface area contributed by atoms with Gasteiger partial charge in [-0.1, -0.05) is 30.3 Å². The quantitative estimate of drug-likeness (QED) is 0.264. The molecule has 1 saturated heterocycles. The summed E-state index contributed by atoms with van der Waals surface area (Å²) in [6.07, 6.45) is 1.26. The number of amides is 2. The van der Waals surface area contributed by atoms with E-state index in [-0.39, 0.29) is 18.5 Å². The Labute approximate surface area is 259 Å². The highest BCUT2D eigenvalue weighted by atomic mass is 19.1. The number of methoxy groups -OCH3 is 1. The van der Waals surface area contributed by atoms with Crippen molar-refractivity contribution in [2.45, 2.75) is 39.3 Å². The van der Waals surface area contributed by atoms with E-state index in [9.17, 15) is 19.2 Å². The summed E-state index contributed by atoms with van der Waals surface area (Å²) in [5.41, 5.74) is 3.86. The zero-order chi connectivity index (χ0) is 32.4. The Hall–Kier alpha value is -5.10. The largest absolute Gasteiger partial charge is 0.496 e. The first-order chi connectivity index (χ1) is 21.5. The normalized spacial score (nSPS) is 14.4. The molecule has 1 aliphatic heterocycles. The maximum absolute atomic E-state index is 15.5. The molecule has 0 radical (unpaired) electrons. The van der Waals surface area contributed by atoms with E-state index < -0.39 is 28.7 Å². The van der Waals surface area contributed by atoms with Crippen molar-refractivity contribution < 1.29 is 18.7 Å². The molecule has 2 amide bonds. The molecule has 3 aromatic carbocycles. The van der Waals surface area contributed by atoms with Crippen LogP contribution in [0.4, 0.5) is 10.1 Å². The monoisotopic (exact) mass is 614 g/mol. The number of anilines is 1. The van der Waals surface area contributed by atoms with E-state index in [1.807, 2.05) is 44.2 Å². The van der Waals surface area contributed by atoms with Gasteiger partial charge >= 0.3 is 5.69 Å². The third-order valence-corrected chi connectivity index (χ3v) is 8.20. The van der Waals surface area contributed by atoms with Gasteiger partial charge in [-0.3, -0.25) is 19.0 Å². The first-order valence-electron chi connectivity index (χ1n) is 14.5. The maximum atomic E-state index is 15.5. The zero-order valence-electron chi connectivity index (χ0n) is 25.8. The molecule has 1 aromatic heterocycles. The number of nitrogens with one attached hydrogen (secondary N) is 3. The Kier molecular flexibility index (Phi) is 8.96. The van der Waals surface area contributed by atoms with Crippen LogP contribution in [-0.4, -0.2) is 45.9 Å². The van der Waals surface area contributed by atoms with Gasteiger partial charge in [-0.05, 0) is 71.8 Å². The maximum Gasteiger partial charge on any atom is 0.346 e. The van der Waals surface area contributed by atoms with Gasteiger partial charge in [0, 0.05) is 50.9 Å². The molecule has 5 rings (SSSR count). The SMILES string of the molecule is COc1cc(-c2cccc(-c3cccc(NC(=O)c4nn(C)c(=O)n(C)c4=O)c3C)c2C)cc(F)c1CNC[C@@H]1CCC(=O)N1. The zero-order valence-corrected chi connectivity index (χ0v) is 25.8. The molecule has 0 aliphatic carbocycles. The molecule has 234 valence electrons. The number of aromatic nitrogens is 3. The number of ether oxygens (including phenoxy) is 1. The molecular formula is C33H35FN6O5. The van der Waals surface area contributed by atoms with Crippen molar-refractivity contribution in [3.05, 3.63) is 97.6 Å². The molecule has 1 aliphatic rings. The van der Waals surface area contributed by atoms with Gasteiger partial charge < -0.3 is 20.7 Å². The smallest absolute Gasteiger partial charge is 0.346 e. The molecule has 12 heteroatoms. The first kappa shape index (κ1) is 31.3. The third-order valence-electron chi connectivity index (χ3n) is 8.20. The van der Waals surface area contributed by atoms with Crippen LogP contribution in [0.5, 0.6) is 5.75 Å². The van der Waals surface area contributed by atoms with Crippen LogP contribution in [0.15, 0.2) is 58.1 Å². The van der Waals surface area contributed by atoms with E-state index in [4.69, 9.17) is 4.74 Å². The van der Waals surface area contributed by atoms with Crippen LogP contribution in [0.2, 0.25) is 0 Å². The number of carbonyl (C=O) groups is 2. The molecule has 0 saturated carbocycles. The second kappa shape index (κ2) is 12.9. The minimum absolute atomic E-state index is 0.0316. The molecule has 4 aromatic rings. The van der Waals surface area contributed by atoms with Crippen LogP contribution in [0.3, 0.4) is 0 Å². The number of nitrogens with zero attached hydrogens (tertiary/aromatic N) is 3. The third kappa shape index (κ3) is 6.27. The van der Waals surface area contributed by atoms with Crippen molar-refractivity contribution in [2.24, 2.45) is 14.1 Å². The summed E-state index contributed by atoms with van der Waals surface area (Å²) in [5.74, 6) is -0.695. The Bertz CT molecular complexity index is 1930. The molecule has 11 nitrogen and oxygen atoms in total. The Morgan fingerprint density at radius 2 is 1.73 bits per heavy atom. The lowest BCUT2D eigenvalue weighted by atomic mass is 9.90. The summed E-state index contributed by atoms with van der Waals surface area (Å²) in [6, 6.07) is 14.5. The molecule has 3 N–H and O–H groups in total. The highest BCUT2D eigenvalue weighted by Crippen LogP contribution is 2.37. The van der Waals surface area contributed by atoms with Crippen LogP contribution in [0.25, 0.3) is 22.3 Å². The number of halogens is 1. The lowest BCUT2D eigenvalue weighted by Crippen LogP contribution is -2.43. The summed E-state index contributed by atoms with van der Waals surface area (Å²) in [4.78, 5) is 49.1. The number of hydrogen-bond acceptors (Lipinski definition) is 7. The summed E-state index contributed by atoms with van der Waals surface area (Å²) in [5, 5.41) is 12.7. The fourth-order valence-electron chi connectivity index (χ4n) is 5.65. The molecule has 1 fully saturated rings. The number of carbonyl (C=O) groups excluding carboxylic acids is 2. The van der Waals surface area contributed by atoms with Crippen molar-refractivity contribution in [1.29, 1.82) is 0 Å². The van der Waals surface area contributed by atoms with E-state index in [1.165, 1.54) is 27.3 Å². The minimum Gasteiger partial charge on any atom is -0.496 e. The van der Waals surface area contributed by atoms with E-state index in [0.29, 0.717) is 35.5 Å². The fraction of sp³-hybridized carbons (Fsp3) is 0.303. The van der Waals surface area contributed by atoms with E-state index in [0.717, 1.165) is 43.5 Å². The highest BCUT2D eigenvalue weighted by Gasteiger charge is 2.22. The number of benzene rings is 3. The van der Waals surface area contributed by atoms with Crippen LogP contribution in [0, 0.1) is 19.7 Å². The average molecular weight is 615 g/mol. The van der Waals surface area contributed by atoms with Crippen LogP contribution in [0.1, 0.15) is 40.0 Å².